The normalized spacial score (nSPS) is 28.9. The van der Waals surface area contributed by atoms with Crippen molar-refractivity contribution in [1.29, 1.82) is 0 Å². The summed E-state index contributed by atoms with van der Waals surface area (Å²) in [5.41, 5.74) is 4.60. The molecular formula is C52H68N4O12. The first-order valence-corrected chi connectivity index (χ1v) is 23.2. The van der Waals surface area contributed by atoms with Crippen molar-refractivity contribution < 1.29 is 58.9 Å². The molecule has 5 bridgehead atoms. The highest BCUT2D eigenvalue weighted by Crippen LogP contribution is 2.55. The Morgan fingerprint density at radius 2 is 1.54 bits per heavy atom. The van der Waals surface area contributed by atoms with Crippen LogP contribution in [-0.4, -0.2) is 123 Å². The molecule has 0 spiro atoms. The first kappa shape index (κ1) is 51.5. The second-order valence-electron chi connectivity index (χ2n) is 19.0. The van der Waals surface area contributed by atoms with E-state index in [9.17, 15) is 39.9 Å². The number of esters is 1. The van der Waals surface area contributed by atoms with Gasteiger partial charge in [-0.25, -0.2) is 0 Å². The Bertz CT molecular complexity index is 2540. The minimum absolute atomic E-state index is 0.0527. The fourth-order valence-corrected chi connectivity index (χ4v) is 9.71. The zero-order valence-corrected chi connectivity index (χ0v) is 41.2. The summed E-state index contributed by atoms with van der Waals surface area (Å²) in [5.74, 6) is -8.42. The minimum Gasteiger partial charge on any atom is -0.507 e. The number of anilines is 1. The van der Waals surface area contributed by atoms with Crippen molar-refractivity contribution >= 4 is 40.3 Å². The summed E-state index contributed by atoms with van der Waals surface area (Å²) in [6.07, 6.45) is 4.89. The van der Waals surface area contributed by atoms with Crippen molar-refractivity contribution in [2.45, 2.75) is 113 Å². The number of rotatable bonds is 6. The van der Waals surface area contributed by atoms with Crippen LogP contribution in [0.3, 0.4) is 0 Å². The quantitative estimate of drug-likeness (QED) is 0.0646. The van der Waals surface area contributed by atoms with E-state index >= 15 is 0 Å². The van der Waals surface area contributed by atoms with Gasteiger partial charge >= 0.3 is 11.8 Å². The molecule has 0 aliphatic carbocycles. The predicted octanol–water partition coefficient (Wildman–Crippen LogP) is 6.83. The van der Waals surface area contributed by atoms with Crippen LogP contribution in [0.2, 0.25) is 0 Å². The number of hydrazone groups is 1. The maximum atomic E-state index is 14.6. The van der Waals surface area contributed by atoms with E-state index in [2.05, 4.69) is 43.1 Å². The number of phenols is 3. The minimum atomic E-state index is -2.06. The molecule has 9 atom stereocenters. The molecule has 368 valence electrons. The summed E-state index contributed by atoms with van der Waals surface area (Å²) in [6, 6.07) is 4.37. The molecule has 0 unspecified atom stereocenters. The van der Waals surface area contributed by atoms with Gasteiger partial charge in [0.15, 0.2) is 5.75 Å². The van der Waals surface area contributed by atoms with E-state index in [1.54, 1.807) is 39.8 Å². The lowest BCUT2D eigenvalue weighted by atomic mass is 9.78. The molecule has 0 radical (unpaired) electrons. The maximum Gasteiger partial charge on any atom is 0.312 e. The van der Waals surface area contributed by atoms with Gasteiger partial charge in [-0.3, -0.25) is 24.3 Å². The van der Waals surface area contributed by atoms with Crippen molar-refractivity contribution in [3.05, 3.63) is 87.2 Å². The highest BCUT2D eigenvalue weighted by atomic mass is 16.7. The molecule has 0 saturated carbocycles. The summed E-state index contributed by atoms with van der Waals surface area (Å²) in [7, 11) is 1.44. The third kappa shape index (κ3) is 10.2. The standard InChI is InChI=1S/C52H68N4O12/c1-26-22-29(4)37(30(5)23-26)25-55-17-19-56(20-18-55)53-24-36-42-47(62)40-39(46(36)61)41-49(34(9)45(40)60)68-52(11,50(41)63)66-21-16-38(65-12)31(6)48(67-35(10)57)33(8)44(59)32(7)43(58)27(2)14-13-15-28(3)51(64)54-42/h13-16,21-24,27,31-33,38,43-44,48,58-62H,17-20,25H2,1-12H3,(H,54,64)/b14-13-,21-16?,28-15-,53-24+/t27-,31+,32+,33+,38-,43-,44+,48+,52-/m0/s1. The third-order valence-electron chi connectivity index (χ3n) is 14.0. The first-order chi connectivity index (χ1) is 32.0. The van der Waals surface area contributed by atoms with Crippen LogP contribution in [0.1, 0.15) is 92.2 Å². The van der Waals surface area contributed by atoms with E-state index in [1.807, 2.05) is 5.01 Å². The van der Waals surface area contributed by atoms with E-state index in [-0.39, 0.29) is 44.5 Å². The Kier molecular flexibility index (Phi) is 15.7. The monoisotopic (exact) mass is 940 g/mol. The van der Waals surface area contributed by atoms with E-state index in [4.69, 9.17) is 24.0 Å². The van der Waals surface area contributed by atoms with Crippen LogP contribution >= 0.6 is 0 Å². The molecule has 7 rings (SSSR count). The van der Waals surface area contributed by atoms with Crippen LogP contribution in [0.15, 0.2) is 53.4 Å². The number of allylic oxidation sites excluding steroid dienone is 2. The number of hydrogen-bond donors (Lipinski definition) is 6. The number of Topliss-reactive ketones (excluding diaryl/α,β-unsaturated/α-hetero) is 1. The van der Waals surface area contributed by atoms with Crippen molar-refractivity contribution in [3.8, 4) is 23.0 Å². The van der Waals surface area contributed by atoms with Gasteiger partial charge in [-0.1, -0.05) is 63.6 Å². The van der Waals surface area contributed by atoms with E-state index in [1.165, 1.54) is 81.7 Å². The molecule has 4 heterocycles. The molecule has 4 aliphatic heterocycles. The van der Waals surface area contributed by atoms with E-state index in [0.717, 1.165) is 6.54 Å². The molecule has 3 aromatic carbocycles. The zero-order valence-electron chi connectivity index (χ0n) is 41.2. The number of amides is 1. The topological polar surface area (TPSA) is 220 Å². The van der Waals surface area contributed by atoms with Gasteiger partial charge in [0.2, 0.25) is 0 Å². The van der Waals surface area contributed by atoms with Crippen LogP contribution in [0.5, 0.6) is 23.0 Å². The number of aryl methyl sites for hydroxylation is 3. The number of ether oxygens (including phenoxy) is 4. The number of ketones is 1. The fraction of sp³-hybridized carbons (Fsp3) is 0.500. The molecule has 16 nitrogen and oxygen atoms in total. The van der Waals surface area contributed by atoms with Crippen LogP contribution in [0.25, 0.3) is 10.8 Å². The Hall–Kier alpha value is -5.94. The van der Waals surface area contributed by atoms with Gasteiger partial charge in [-0.05, 0) is 57.4 Å². The molecular weight excluding hydrogens is 873 g/mol. The third-order valence-corrected chi connectivity index (χ3v) is 14.0. The van der Waals surface area contributed by atoms with Crippen molar-refractivity contribution in [2.75, 3.05) is 38.6 Å². The lowest BCUT2D eigenvalue weighted by molar-refractivity contribution is -0.160. The molecule has 1 amide bonds. The summed E-state index contributed by atoms with van der Waals surface area (Å²) in [4.78, 5) is 43.3. The second kappa shape index (κ2) is 20.7. The Labute approximate surface area is 398 Å². The Balaban J connectivity index is 1.44. The number of aromatic hydroxyl groups is 3. The number of nitrogens with zero attached hydrogens (tertiary/aromatic N) is 3. The van der Waals surface area contributed by atoms with Gasteiger partial charge in [-0.2, -0.15) is 5.10 Å². The van der Waals surface area contributed by atoms with Gasteiger partial charge in [-0.15, -0.1) is 0 Å². The van der Waals surface area contributed by atoms with Gasteiger partial charge in [0.1, 0.15) is 23.4 Å². The molecule has 3 aromatic rings. The number of aliphatic hydroxyl groups excluding tert-OH is 2. The highest BCUT2D eigenvalue weighted by Gasteiger charge is 2.50. The molecule has 6 N–H and O–H groups in total. The largest absolute Gasteiger partial charge is 0.507 e. The first-order valence-electron chi connectivity index (χ1n) is 23.2. The number of carbonyl (C=O) groups excluding carboxylic acids is 3. The van der Waals surface area contributed by atoms with Gasteiger partial charge in [0, 0.05) is 93.9 Å². The summed E-state index contributed by atoms with van der Waals surface area (Å²) >= 11 is 0. The van der Waals surface area contributed by atoms with Crippen molar-refractivity contribution in [3.63, 3.8) is 0 Å². The van der Waals surface area contributed by atoms with Gasteiger partial charge in [0.25, 0.3) is 11.7 Å². The summed E-state index contributed by atoms with van der Waals surface area (Å²) in [5, 5.41) is 67.8. The molecule has 1 fully saturated rings. The SMILES string of the molecule is CO[C@H]1C=CO[C@@]2(C)Oc3c(C)c(O)c4c(O)c(c(/C=N/N5CCN(Cc6c(C)cc(C)cc6C)CC5)c(O)c4c3C2=O)NC(=O)/C(C)=C\C=C/[C@H](C)[C@H](O)[C@@H](C)[C@@H](O)[C@@H](C)[C@H](OC(C)=O)[C@@H]1C. The lowest BCUT2D eigenvalue weighted by Gasteiger charge is -2.38. The van der Waals surface area contributed by atoms with Crippen molar-refractivity contribution in [2.24, 2.45) is 28.8 Å². The van der Waals surface area contributed by atoms with Crippen LogP contribution < -0.4 is 10.1 Å². The number of methoxy groups -OCH3 is 1. The smallest absolute Gasteiger partial charge is 0.312 e. The second-order valence-corrected chi connectivity index (χ2v) is 19.0. The highest BCUT2D eigenvalue weighted by molar-refractivity contribution is 6.23. The number of carbonyl (C=O) groups is 3. The summed E-state index contributed by atoms with van der Waals surface area (Å²) < 4.78 is 23.8. The van der Waals surface area contributed by atoms with Crippen LogP contribution in [-0.2, 0) is 30.3 Å². The average molecular weight is 941 g/mol. The average Bonchev–Trinajstić information content (AvgIpc) is 3.55. The number of fused-ring (bicyclic) bond motifs is 14. The molecule has 68 heavy (non-hydrogen) atoms. The van der Waals surface area contributed by atoms with Crippen LogP contribution in [0, 0.1) is 51.4 Å². The zero-order chi connectivity index (χ0) is 50.1. The number of aliphatic hydroxyl groups is 2. The number of phenolic OH excluding ortho intramolecular Hbond substituents is 3. The van der Waals surface area contributed by atoms with Gasteiger partial charge < -0.3 is 49.8 Å². The van der Waals surface area contributed by atoms with Gasteiger partial charge in [0.05, 0.1) is 53.0 Å². The molecule has 4 aliphatic rings. The molecule has 0 aromatic heterocycles. The number of hydrogen-bond acceptors (Lipinski definition) is 15. The van der Waals surface area contributed by atoms with Crippen LogP contribution in [0.4, 0.5) is 5.69 Å². The molecule has 16 heteroatoms. The fourth-order valence-electron chi connectivity index (χ4n) is 9.71. The van der Waals surface area contributed by atoms with E-state index in [0.29, 0.717) is 26.2 Å². The maximum absolute atomic E-state index is 14.6. The van der Waals surface area contributed by atoms with E-state index < -0.39 is 88.8 Å². The number of nitrogens with one attached hydrogen (secondary N) is 1. The van der Waals surface area contributed by atoms with Crippen molar-refractivity contribution in [1.82, 2.24) is 9.91 Å². The lowest BCUT2D eigenvalue weighted by Crippen LogP contribution is -2.46. The number of piperazine rings is 1. The molecule has 1 saturated heterocycles. The Morgan fingerprint density at radius 1 is 0.897 bits per heavy atom. The predicted molar refractivity (Wildman–Crippen MR) is 259 cm³/mol. The number of benzene rings is 3. The summed E-state index contributed by atoms with van der Waals surface area (Å²) in [6.45, 7) is 22.1. The Morgan fingerprint density at radius 3 is 2.16 bits per heavy atom.